The quantitative estimate of drug-likeness (QED) is 0.826. The molecule has 1 aromatic carbocycles. The molecule has 1 amide bonds. The topological polar surface area (TPSA) is 60.5 Å². The number of aromatic nitrogens is 1. The van der Waals surface area contributed by atoms with Crippen molar-refractivity contribution in [2.24, 2.45) is 5.92 Å². The Morgan fingerprint density at radius 3 is 2.64 bits per heavy atom. The molecule has 2 atom stereocenters. The van der Waals surface area contributed by atoms with Crippen molar-refractivity contribution < 1.29 is 14.3 Å². The van der Waals surface area contributed by atoms with E-state index in [-0.39, 0.29) is 23.8 Å². The average Bonchev–Trinajstić information content (AvgIpc) is 3.23. The molecule has 4 rings (SSSR count). The number of carbonyl (C=O) groups is 1. The van der Waals surface area contributed by atoms with E-state index in [1.807, 2.05) is 18.2 Å². The zero-order valence-corrected chi connectivity index (χ0v) is 16.4. The van der Waals surface area contributed by atoms with Crippen molar-refractivity contribution in [3.8, 4) is 11.5 Å². The minimum Gasteiger partial charge on any atom is -0.493 e. The van der Waals surface area contributed by atoms with Gasteiger partial charge in [-0.05, 0) is 73.9 Å². The van der Waals surface area contributed by atoms with Gasteiger partial charge in [0.05, 0.1) is 13.2 Å². The van der Waals surface area contributed by atoms with Crippen LogP contribution < -0.4 is 14.8 Å². The fourth-order valence-electron chi connectivity index (χ4n) is 4.36. The van der Waals surface area contributed by atoms with Crippen LogP contribution in [-0.2, 0) is 11.2 Å². The van der Waals surface area contributed by atoms with Gasteiger partial charge in [0.2, 0.25) is 5.91 Å². The minimum absolute atomic E-state index is 0.0255. The van der Waals surface area contributed by atoms with Crippen molar-refractivity contribution in [1.29, 1.82) is 0 Å². The molecular weight excluding hydrogens is 352 g/mol. The molecule has 148 valence electrons. The monoisotopic (exact) mass is 380 g/mol. The van der Waals surface area contributed by atoms with E-state index in [0.29, 0.717) is 6.54 Å². The number of hydrogen-bond acceptors (Lipinski definition) is 4. The van der Waals surface area contributed by atoms with Crippen LogP contribution in [0.5, 0.6) is 11.5 Å². The molecule has 0 bridgehead atoms. The van der Waals surface area contributed by atoms with Gasteiger partial charge in [0.15, 0.2) is 11.5 Å². The summed E-state index contributed by atoms with van der Waals surface area (Å²) in [4.78, 5) is 16.5. The van der Waals surface area contributed by atoms with Gasteiger partial charge in [0, 0.05) is 30.8 Å². The molecule has 1 aliphatic carbocycles. The lowest BCUT2D eigenvalue weighted by atomic mass is 9.82. The highest BCUT2D eigenvalue weighted by Gasteiger charge is 2.30. The summed E-state index contributed by atoms with van der Waals surface area (Å²) in [6.45, 7) is 0.668. The van der Waals surface area contributed by atoms with Gasteiger partial charge in [-0.1, -0.05) is 6.07 Å². The summed E-state index contributed by atoms with van der Waals surface area (Å²) in [5, 5.41) is 3.10. The van der Waals surface area contributed by atoms with E-state index in [4.69, 9.17) is 9.47 Å². The molecule has 2 aromatic rings. The smallest absolute Gasteiger partial charge is 0.223 e. The lowest BCUT2D eigenvalue weighted by Gasteiger charge is -2.30. The second kappa shape index (κ2) is 8.63. The molecule has 0 unspecified atom stereocenters. The van der Waals surface area contributed by atoms with Crippen LogP contribution in [0.25, 0.3) is 0 Å². The van der Waals surface area contributed by atoms with Gasteiger partial charge >= 0.3 is 0 Å². The molecule has 5 heteroatoms. The van der Waals surface area contributed by atoms with E-state index in [9.17, 15) is 4.79 Å². The van der Waals surface area contributed by atoms with Crippen molar-refractivity contribution in [3.63, 3.8) is 0 Å². The van der Waals surface area contributed by atoms with Gasteiger partial charge in [0.1, 0.15) is 0 Å². The molecule has 1 N–H and O–H groups in total. The normalized spacial score (nSPS) is 22.7. The van der Waals surface area contributed by atoms with Crippen LogP contribution in [0.2, 0.25) is 0 Å². The van der Waals surface area contributed by atoms with E-state index in [2.05, 4.69) is 22.4 Å². The van der Waals surface area contributed by atoms with Crippen LogP contribution in [0.3, 0.4) is 0 Å². The Hall–Kier alpha value is -2.56. The molecule has 0 radical (unpaired) electrons. The van der Waals surface area contributed by atoms with Gasteiger partial charge in [-0.25, -0.2) is 0 Å². The first-order chi connectivity index (χ1) is 13.7. The maximum absolute atomic E-state index is 12.4. The highest BCUT2D eigenvalue weighted by atomic mass is 16.5. The van der Waals surface area contributed by atoms with Crippen LogP contribution in [0.1, 0.15) is 49.1 Å². The number of ether oxygens (including phenoxy) is 2. The largest absolute Gasteiger partial charge is 0.493 e. The zero-order chi connectivity index (χ0) is 19.3. The fraction of sp³-hybridized carbons (Fsp3) is 0.478. The Balaban J connectivity index is 1.50. The summed E-state index contributed by atoms with van der Waals surface area (Å²) < 4.78 is 11.8. The lowest BCUT2D eigenvalue weighted by molar-refractivity contribution is -0.126. The minimum atomic E-state index is -0.0255. The molecule has 1 saturated carbocycles. The zero-order valence-electron chi connectivity index (χ0n) is 16.4. The summed E-state index contributed by atoms with van der Waals surface area (Å²) in [5.74, 6) is 2.01. The standard InChI is InChI=1S/C23H28N2O3/c1-27-21-7-6-17(14-22(21)28-20-4-2-3-5-20)19-13-18(23(26)25-15-19)12-16-8-10-24-11-9-16/h6-11,14,18-20H,2-5,12-13,15H2,1H3,(H,25,26)/t18-,19+/m0/s1. The number of hydrogen-bond donors (Lipinski definition) is 1. The van der Waals surface area contributed by atoms with Crippen molar-refractivity contribution in [1.82, 2.24) is 10.3 Å². The third-order valence-electron chi connectivity index (χ3n) is 5.95. The molecule has 1 saturated heterocycles. The lowest BCUT2D eigenvalue weighted by Crippen LogP contribution is -2.41. The number of nitrogens with zero attached hydrogens (tertiary/aromatic N) is 1. The molecule has 1 aliphatic heterocycles. The predicted molar refractivity (Wildman–Crippen MR) is 108 cm³/mol. The number of methoxy groups -OCH3 is 1. The number of piperidine rings is 1. The molecule has 28 heavy (non-hydrogen) atoms. The maximum atomic E-state index is 12.4. The first-order valence-electron chi connectivity index (χ1n) is 10.2. The SMILES string of the molecule is COc1ccc([C@H]2CNC(=O)[C@@H](Cc3ccncc3)C2)cc1OC1CCCC1. The summed E-state index contributed by atoms with van der Waals surface area (Å²) in [6.07, 6.45) is 10.1. The second-order valence-corrected chi connectivity index (χ2v) is 7.87. The molecular formula is C23H28N2O3. The van der Waals surface area contributed by atoms with E-state index in [1.54, 1.807) is 19.5 Å². The van der Waals surface area contributed by atoms with Gasteiger partial charge in [-0.15, -0.1) is 0 Å². The Morgan fingerprint density at radius 1 is 1.11 bits per heavy atom. The summed E-state index contributed by atoms with van der Waals surface area (Å²) in [7, 11) is 1.68. The fourth-order valence-corrected chi connectivity index (χ4v) is 4.36. The van der Waals surface area contributed by atoms with Crippen LogP contribution in [0.15, 0.2) is 42.7 Å². The van der Waals surface area contributed by atoms with Gasteiger partial charge < -0.3 is 14.8 Å². The molecule has 2 aliphatic rings. The van der Waals surface area contributed by atoms with E-state index < -0.39 is 0 Å². The summed E-state index contributed by atoms with van der Waals surface area (Å²) in [6, 6.07) is 10.2. The van der Waals surface area contributed by atoms with Crippen LogP contribution in [0.4, 0.5) is 0 Å². The highest BCUT2D eigenvalue weighted by molar-refractivity contribution is 5.80. The van der Waals surface area contributed by atoms with E-state index in [1.165, 1.54) is 18.4 Å². The molecule has 2 fully saturated rings. The number of amides is 1. The average molecular weight is 380 g/mol. The van der Waals surface area contributed by atoms with Crippen molar-refractivity contribution in [3.05, 3.63) is 53.9 Å². The molecule has 0 spiro atoms. The first kappa shape index (κ1) is 18.8. The predicted octanol–water partition coefficient (Wildman–Crippen LogP) is 3.87. The van der Waals surface area contributed by atoms with Crippen molar-refractivity contribution in [2.75, 3.05) is 13.7 Å². The van der Waals surface area contributed by atoms with Gasteiger partial charge in [0.25, 0.3) is 0 Å². The summed E-state index contributed by atoms with van der Waals surface area (Å²) >= 11 is 0. The van der Waals surface area contributed by atoms with Gasteiger partial charge in [-0.3, -0.25) is 9.78 Å². The van der Waals surface area contributed by atoms with Crippen LogP contribution in [-0.4, -0.2) is 30.6 Å². The van der Waals surface area contributed by atoms with Crippen molar-refractivity contribution in [2.45, 2.75) is 50.5 Å². The number of rotatable bonds is 6. The van der Waals surface area contributed by atoms with E-state index >= 15 is 0 Å². The van der Waals surface area contributed by atoms with Crippen LogP contribution >= 0.6 is 0 Å². The number of nitrogens with one attached hydrogen (secondary N) is 1. The molecule has 5 nitrogen and oxygen atoms in total. The number of benzene rings is 1. The Kier molecular flexibility index (Phi) is 5.79. The number of pyridine rings is 1. The number of carbonyl (C=O) groups excluding carboxylic acids is 1. The van der Waals surface area contributed by atoms with E-state index in [0.717, 1.165) is 42.7 Å². The maximum Gasteiger partial charge on any atom is 0.223 e. The Labute approximate surface area is 166 Å². The third-order valence-corrected chi connectivity index (χ3v) is 5.95. The summed E-state index contributed by atoms with van der Waals surface area (Å²) in [5.41, 5.74) is 2.35. The van der Waals surface area contributed by atoms with Gasteiger partial charge in [-0.2, -0.15) is 0 Å². The third kappa shape index (κ3) is 4.29. The highest BCUT2D eigenvalue weighted by Crippen LogP contribution is 2.37. The Bertz CT molecular complexity index is 803. The molecule has 1 aromatic heterocycles. The first-order valence-corrected chi connectivity index (χ1v) is 10.2. The van der Waals surface area contributed by atoms with Crippen molar-refractivity contribution >= 4 is 5.91 Å². The second-order valence-electron chi connectivity index (χ2n) is 7.87. The van der Waals surface area contributed by atoms with Crippen LogP contribution in [0, 0.1) is 5.92 Å². The Morgan fingerprint density at radius 2 is 1.89 bits per heavy atom. The molecule has 2 heterocycles.